The molecule has 45 heavy (non-hydrogen) atoms. The fraction of sp³-hybridized carbons (Fsp3) is 0.524. The highest BCUT2D eigenvalue weighted by Crippen LogP contribution is 2.52. The van der Waals surface area contributed by atoms with Gasteiger partial charge in [-0.25, -0.2) is 24.5 Å². The molecule has 1 saturated heterocycles. The van der Waals surface area contributed by atoms with E-state index >= 15 is 0 Å². The van der Waals surface area contributed by atoms with Crippen LogP contribution in [0.4, 0.5) is 11.8 Å². The van der Waals surface area contributed by atoms with Gasteiger partial charge in [-0.05, 0) is 11.0 Å². The monoisotopic (exact) mass is 689 g/mol. The van der Waals surface area contributed by atoms with Gasteiger partial charge in [0.15, 0.2) is 35.0 Å². The number of nitrogen functional groups attached to an aromatic ring is 2. The minimum absolute atomic E-state index is 0.0219. The molecule has 5 heterocycles. The summed E-state index contributed by atoms with van der Waals surface area (Å²) in [5.74, 6) is -0.934. The summed E-state index contributed by atoms with van der Waals surface area (Å²) in [5.41, 5.74) is 11.3. The Kier molecular flexibility index (Phi) is 8.65. The maximum atomic E-state index is 13.2. The van der Waals surface area contributed by atoms with Crippen molar-refractivity contribution in [2.24, 2.45) is 5.92 Å². The van der Waals surface area contributed by atoms with Gasteiger partial charge in [-0.3, -0.25) is 23.4 Å². The number of H-pyrrole nitrogens is 1. The number of nitrogens with zero attached hydrogens (tertiary/aromatic N) is 7. The Hall–Kier alpha value is -3.14. The summed E-state index contributed by atoms with van der Waals surface area (Å²) in [6.45, 7) is -1.22. The van der Waals surface area contributed by atoms with E-state index in [0.717, 1.165) is 0 Å². The molecule has 4 aromatic rings. The zero-order valence-electron chi connectivity index (χ0n) is 22.7. The van der Waals surface area contributed by atoms with Crippen LogP contribution in [0.2, 0.25) is 0 Å². The van der Waals surface area contributed by atoms with Gasteiger partial charge in [0.1, 0.15) is 42.4 Å². The number of hydrogen-bond donors (Lipinski definition) is 8. The summed E-state index contributed by atoms with van der Waals surface area (Å²) in [4.78, 5) is 45.5. The summed E-state index contributed by atoms with van der Waals surface area (Å²) in [6, 6.07) is -0.943. The van der Waals surface area contributed by atoms with Gasteiger partial charge in [-0.15, -0.1) is 4.52 Å². The number of phosphoric ester groups is 1. The van der Waals surface area contributed by atoms with Crippen LogP contribution in [0.5, 0.6) is 0 Å². The molecule has 0 spiro atoms. The number of rotatable bonds is 10. The Balaban J connectivity index is 1.22. The molecule has 1 saturated carbocycles. The minimum Gasteiger partial charge on any atom is -0.396 e. The second-order valence-corrected chi connectivity index (χ2v) is 13.4. The van der Waals surface area contributed by atoms with Crippen LogP contribution >= 0.6 is 27.3 Å². The SMILES string of the molecule is Nc1nc2c(ncn2C2CC(CO)C(O)C2OP(=O)(O)OCC2OC(n3cnc4c(N)ncnc43)C(O)C2O[P+](=O)S)c(=O)[nH]1. The molecule has 1 aliphatic carbocycles. The van der Waals surface area contributed by atoms with Crippen molar-refractivity contribution in [1.82, 2.24) is 39.0 Å². The fourth-order valence-electron chi connectivity index (χ4n) is 5.58. The van der Waals surface area contributed by atoms with Crippen LogP contribution in [0.25, 0.3) is 22.3 Å². The molecule has 9 N–H and O–H groups in total. The lowest BCUT2D eigenvalue weighted by atomic mass is 10.1. The number of anilines is 2. The Bertz CT molecular complexity index is 1860. The van der Waals surface area contributed by atoms with E-state index in [1.165, 1.54) is 28.1 Å². The van der Waals surface area contributed by atoms with Crippen molar-refractivity contribution in [2.75, 3.05) is 24.7 Å². The predicted molar refractivity (Wildman–Crippen MR) is 155 cm³/mol. The molecule has 2 fully saturated rings. The lowest BCUT2D eigenvalue weighted by molar-refractivity contribution is -0.0558. The normalized spacial score (nSPS) is 30.3. The Morgan fingerprint density at radius 3 is 2.58 bits per heavy atom. The standard InChI is InChI=1S/C21H26N10O11P2S/c22-16-10-17(25-4-24-16)31(6-26-10)20-13(34)15(41-43(36)45)9(40-20)3-39-44(37,38)42-14-8(1-7(2-32)12(14)33)30-5-27-11-18(30)28-21(23)29-19(11)35/h4-9,12-15,20,32-34H,1-3H2,(H6-,22,23,24,25,28,29,35,36,37,38,45)/p+1. The number of phosphoric acid groups is 1. The second-order valence-electron chi connectivity index (χ2n) is 10.3. The zero-order valence-corrected chi connectivity index (χ0v) is 25.4. The summed E-state index contributed by atoms with van der Waals surface area (Å²) in [5, 5.41) is 31.8. The van der Waals surface area contributed by atoms with E-state index in [1.807, 2.05) is 0 Å². The van der Waals surface area contributed by atoms with Crippen molar-refractivity contribution in [2.45, 2.75) is 49.2 Å². The first-order valence-corrected chi connectivity index (χ1v) is 17.0. The van der Waals surface area contributed by atoms with Crippen molar-refractivity contribution >= 4 is 61.4 Å². The van der Waals surface area contributed by atoms with Crippen LogP contribution in [0, 0.1) is 5.92 Å². The van der Waals surface area contributed by atoms with Crippen LogP contribution in [-0.2, 0) is 27.4 Å². The number of hydrogen-bond acceptors (Lipinski definition) is 17. The summed E-state index contributed by atoms with van der Waals surface area (Å²) < 4.78 is 49.5. The molecule has 0 amide bonds. The fourth-order valence-corrected chi connectivity index (χ4v) is 7.34. The van der Waals surface area contributed by atoms with Crippen LogP contribution < -0.4 is 17.0 Å². The van der Waals surface area contributed by atoms with E-state index in [4.69, 9.17) is 29.8 Å². The molecule has 6 rings (SSSR count). The van der Waals surface area contributed by atoms with Crippen LogP contribution in [0.1, 0.15) is 18.7 Å². The van der Waals surface area contributed by atoms with Crippen LogP contribution in [0.15, 0.2) is 23.8 Å². The highest BCUT2D eigenvalue weighted by Gasteiger charge is 2.52. The predicted octanol–water partition coefficient (Wildman–Crippen LogP) is -1.23. The number of aromatic nitrogens is 8. The van der Waals surface area contributed by atoms with Crippen LogP contribution in [0.3, 0.4) is 0 Å². The molecule has 24 heteroatoms. The van der Waals surface area contributed by atoms with E-state index in [-0.39, 0.29) is 40.5 Å². The first kappa shape index (κ1) is 31.8. The first-order valence-electron chi connectivity index (χ1n) is 13.1. The molecule has 21 nitrogen and oxygen atoms in total. The maximum Gasteiger partial charge on any atom is 0.582 e. The molecule has 2 aliphatic rings. The average molecular weight is 690 g/mol. The van der Waals surface area contributed by atoms with E-state index in [1.54, 1.807) is 0 Å². The van der Waals surface area contributed by atoms with E-state index in [9.17, 15) is 34.1 Å². The number of aromatic amines is 1. The molecule has 0 radical (unpaired) electrons. The maximum absolute atomic E-state index is 13.2. The molecular formula is C21H27N10O11P2S+. The van der Waals surface area contributed by atoms with Crippen molar-refractivity contribution in [3.05, 3.63) is 29.3 Å². The van der Waals surface area contributed by atoms with Gasteiger partial charge in [-0.1, -0.05) is 0 Å². The number of fused-ring (bicyclic) bond motifs is 2. The lowest BCUT2D eigenvalue weighted by Crippen LogP contribution is -2.35. The molecular weight excluding hydrogens is 662 g/mol. The number of aliphatic hydroxyl groups is 3. The largest absolute Gasteiger partial charge is 0.582 e. The summed E-state index contributed by atoms with van der Waals surface area (Å²) in [7, 11) is -7.63. The van der Waals surface area contributed by atoms with Crippen molar-refractivity contribution in [3.8, 4) is 0 Å². The molecule has 1 aliphatic heterocycles. The number of imidazole rings is 2. The Morgan fingerprint density at radius 1 is 1.11 bits per heavy atom. The van der Waals surface area contributed by atoms with Gasteiger partial charge in [0.2, 0.25) is 5.95 Å². The first-order chi connectivity index (χ1) is 21.4. The van der Waals surface area contributed by atoms with Gasteiger partial charge < -0.3 is 41.0 Å². The molecule has 0 aromatic carbocycles. The Morgan fingerprint density at radius 2 is 1.84 bits per heavy atom. The number of thiol groups is 1. The molecule has 10 unspecified atom stereocenters. The molecule has 242 valence electrons. The van der Waals surface area contributed by atoms with Crippen molar-refractivity contribution in [3.63, 3.8) is 0 Å². The third kappa shape index (κ3) is 5.95. The highest BCUT2D eigenvalue weighted by molar-refractivity contribution is 8.39. The third-order valence-electron chi connectivity index (χ3n) is 7.62. The number of ether oxygens (including phenoxy) is 1. The zero-order chi connectivity index (χ0) is 32.2. The topological polar surface area (TPSA) is 311 Å². The smallest absolute Gasteiger partial charge is 0.396 e. The number of aliphatic hydroxyl groups excluding tert-OH is 3. The third-order valence-corrected chi connectivity index (χ3v) is 9.32. The quantitative estimate of drug-likeness (QED) is 0.0714. The average Bonchev–Trinajstić information content (AvgIpc) is 3.73. The highest BCUT2D eigenvalue weighted by atomic mass is 32.7. The molecule has 4 aromatic heterocycles. The van der Waals surface area contributed by atoms with Gasteiger partial charge in [-0.2, -0.15) is 4.98 Å². The number of nitrogens with one attached hydrogen (secondary N) is 1. The van der Waals surface area contributed by atoms with Crippen LogP contribution in [-0.4, -0.2) is 103 Å². The lowest BCUT2D eigenvalue weighted by Gasteiger charge is -2.26. The van der Waals surface area contributed by atoms with Gasteiger partial charge in [0, 0.05) is 12.5 Å². The molecule has 0 bridgehead atoms. The van der Waals surface area contributed by atoms with Crippen molar-refractivity contribution < 1.29 is 47.7 Å². The van der Waals surface area contributed by atoms with E-state index in [0.29, 0.717) is 0 Å². The van der Waals surface area contributed by atoms with Crippen molar-refractivity contribution in [1.29, 1.82) is 0 Å². The summed E-state index contributed by atoms with van der Waals surface area (Å²) >= 11 is 3.74. The van der Waals surface area contributed by atoms with E-state index < -0.39 is 82.5 Å². The number of nitrogens with two attached hydrogens (primary N) is 2. The summed E-state index contributed by atoms with van der Waals surface area (Å²) in [6.07, 6.45) is -4.61. The van der Waals surface area contributed by atoms with E-state index in [2.05, 4.69) is 42.2 Å². The minimum atomic E-state index is -5.05. The van der Waals surface area contributed by atoms with Gasteiger partial charge >= 0.3 is 15.1 Å². The van der Waals surface area contributed by atoms with Gasteiger partial charge in [0.25, 0.3) is 5.56 Å². The molecule has 10 atom stereocenters. The van der Waals surface area contributed by atoms with Gasteiger partial charge in [0.05, 0.1) is 31.4 Å². The Labute approximate surface area is 257 Å². The second kappa shape index (κ2) is 12.2.